The van der Waals surface area contributed by atoms with Crippen molar-refractivity contribution in [3.05, 3.63) is 47.3 Å². The molecule has 5 nitrogen and oxygen atoms in total. The van der Waals surface area contributed by atoms with Crippen LogP contribution in [0.1, 0.15) is 35.0 Å². The first-order chi connectivity index (χ1) is 13.1. The van der Waals surface area contributed by atoms with E-state index in [0.717, 1.165) is 39.6 Å². The largest absolute Gasteiger partial charge is 0.496 e. The van der Waals surface area contributed by atoms with Gasteiger partial charge in [-0.3, -0.25) is 9.78 Å². The van der Waals surface area contributed by atoms with Crippen molar-refractivity contribution in [2.24, 2.45) is 0 Å². The van der Waals surface area contributed by atoms with Gasteiger partial charge in [0.1, 0.15) is 11.4 Å². The van der Waals surface area contributed by atoms with Gasteiger partial charge in [-0.25, -0.2) is 0 Å². The van der Waals surface area contributed by atoms with E-state index in [-0.39, 0.29) is 5.78 Å². The first-order valence-electron chi connectivity index (χ1n) is 8.96. The molecule has 0 N–H and O–H groups in total. The first kappa shape index (κ1) is 17.3. The van der Waals surface area contributed by atoms with Crippen LogP contribution in [0.25, 0.3) is 21.9 Å². The average molecular weight is 363 g/mol. The highest BCUT2D eigenvalue weighted by Gasteiger charge is 2.31. The molecular weight excluding hydrogens is 342 g/mol. The van der Waals surface area contributed by atoms with E-state index >= 15 is 0 Å². The number of nitrogens with zero attached hydrogens (tertiary/aromatic N) is 1. The number of rotatable bonds is 5. The summed E-state index contributed by atoms with van der Waals surface area (Å²) in [4.78, 5) is 17.6. The lowest BCUT2D eigenvalue weighted by Gasteiger charge is -2.24. The second-order valence-corrected chi connectivity index (χ2v) is 6.59. The maximum atomic E-state index is 13.2. The molecule has 0 saturated heterocycles. The SMILES string of the molecule is CCCOc1cc2c(cc1OC)-c1c(OC)c(C)cc3ccnc(c13)C2=O. The van der Waals surface area contributed by atoms with Crippen molar-refractivity contribution in [1.82, 2.24) is 4.98 Å². The zero-order chi connectivity index (χ0) is 19.1. The average Bonchev–Trinajstić information content (AvgIpc) is 2.69. The number of ketones is 1. The minimum absolute atomic E-state index is 0.113. The van der Waals surface area contributed by atoms with Crippen molar-refractivity contribution < 1.29 is 19.0 Å². The lowest BCUT2D eigenvalue weighted by atomic mass is 9.83. The predicted molar refractivity (Wildman–Crippen MR) is 104 cm³/mol. The summed E-state index contributed by atoms with van der Waals surface area (Å²) in [7, 11) is 3.25. The van der Waals surface area contributed by atoms with E-state index in [0.29, 0.717) is 29.4 Å². The Bertz CT molecular complexity index is 1070. The summed E-state index contributed by atoms with van der Waals surface area (Å²) < 4.78 is 17.1. The molecule has 1 aliphatic rings. The van der Waals surface area contributed by atoms with Crippen LogP contribution in [-0.2, 0) is 0 Å². The van der Waals surface area contributed by atoms with Gasteiger partial charge < -0.3 is 14.2 Å². The quantitative estimate of drug-likeness (QED) is 0.520. The fraction of sp³-hybridized carbons (Fsp3) is 0.273. The summed E-state index contributed by atoms with van der Waals surface area (Å²) >= 11 is 0. The van der Waals surface area contributed by atoms with Crippen LogP contribution >= 0.6 is 0 Å². The van der Waals surface area contributed by atoms with Gasteiger partial charge in [-0.05, 0) is 48.6 Å². The molecule has 0 unspecified atom stereocenters. The van der Waals surface area contributed by atoms with Crippen LogP contribution < -0.4 is 14.2 Å². The van der Waals surface area contributed by atoms with E-state index in [1.807, 2.05) is 32.0 Å². The molecule has 3 aromatic rings. The van der Waals surface area contributed by atoms with Crippen molar-refractivity contribution in [1.29, 1.82) is 0 Å². The third-order valence-corrected chi connectivity index (χ3v) is 4.89. The molecule has 1 aliphatic carbocycles. The van der Waals surface area contributed by atoms with Gasteiger partial charge in [0.05, 0.1) is 20.8 Å². The van der Waals surface area contributed by atoms with Crippen molar-refractivity contribution in [3.8, 4) is 28.4 Å². The number of pyridine rings is 1. The summed E-state index contributed by atoms with van der Waals surface area (Å²) in [5.74, 6) is 1.79. The minimum atomic E-state index is -0.113. The number of benzene rings is 2. The monoisotopic (exact) mass is 363 g/mol. The molecule has 0 amide bonds. The summed E-state index contributed by atoms with van der Waals surface area (Å²) in [6, 6.07) is 7.57. The second kappa shape index (κ2) is 6.58. The molecular formula is C22H21NO4. The fourth-order valence-corrected chi connectivity index (χ4v) is 3.73. The van der Waals surface area contributed by atoms with E-state index in [1.54, 1.807) is 26.5 Å². The maximum absolute atomic E-state index is 13.2. The highest BCUT2D eigenvalue weighted by Crippen LogP contribution is 2.48. The Morgan fingerprint density at radius 2 is 1.81 bits per heavy atom. The highest BCUT2D eigenvalue weighted by molar-refractivity contribution is 6.26. The van der Waals surface area contributed by atoms with Crippen LogP contribution in [0.2, 0.25) is 0 Å². The Balaban J connectivity index is 2.10. The number of hydrogen-bond acceptors (Lipinski definition) is 5. The van der Waals surface area contributed by atoms with Gasteiger partial charge in [0, 0.05) is 28.3 Å². The number of carbonyl (C=O) groups excluding carboxylic acids is 1. The lowest BCUT2D eigenvalue weighted by molar-refractivity contribution is 0.103. The molecule has 1 heterocycles. The Morgan fingerprint density at radius 3 is 2.52 bits per heavy atom. The molecule has 4 rings (SSSR count). The smallest absolute Gasteiger partial charge is 0.212 e. The highest BCUT2D eigenvalue weighted by atomic mass is 16.5. The van der Waals surface area contributed by atoms with Crippen LogP contribution in [-0.4, -0.2) is 31.6 Å². The summed E-state index contributed by atoms with van der Waals surface area (Å²) in [6.07, 6.45) is 2.54. The van der Waals surface area contributed by atoms with Gasteiger partial charge in [0.25, 0.3) is 0 Å². The van der Waals surface area contributed by atoms with Gasteiger partial charge in [0.15, 0.2) is 11.5 Å². The van der Waals surface area contributed by atoms with Crippen molar-refractivity contribution in [2.45, 2.75) is 20.3 Å². The summed E-state index contributed by atoms with van der Waals surface area (Å²) in [5, 5.41) is 1.79. The topological polar surface area (TPSA) is 57.6 Å². The van der Waals surface area contributed by atoms with Crippen LogP contribution in [0, 0.1) is 6.92 Å². The number of fused-ring (bicyclic) bond motifs is 2. The number of carbonyl (C=O) groups is 1. The van der Waals surface area contributed by atoms with E-state index in [9.17, 15) is 4.79 Å². The van der Waals surface area contributed by atoms with Crippen LogP contribution in [0.15, 0.2) is 30.5 Å². The van der Waals surface area contributed by atoms with Crippen molar-refractivity contribution in [2.75, 3.05) is 20.8 Å². The number of aromatic nitrogens is 1. The predicted octanol–water partition coefficient (Wildman–Crippen LogP) is 4.56. The normalized spacial score (nSPS) is 12.1. The van der Waals surface area contributed by atoms with Gasteiger partial charge in [0.2, 0.25) is 5.78 Å². The van der Waals surface area contributed by atoms with Crippen LogP contribution in [0.3, 0.4) is 0 Å². The lowest BCUT2D eigenvalue weighted by Crippen LogP contribution is -2.14. The molecule has 27 heavy (non-hydrogen) atoms. The molecule has 0 saturated carbocycles. The Hall–Kier alpha value is -3.08. The Morgan fingerprint density at radius 1 is 1.04 bits per heavy atom. The molecule has 0 atom stereocenters. The molecule has 0 radical (unpaired) electrons. The van der Waals surface area contributed by atoms with E-state index in [1.165, 1.54) is 0 Å². The fourth-order valence-electron chi connectivity index (χ4n) is 3.73. The van der Waals surface area contributed by atoms with E-state index in [2.05, 4.69) is 4.98 Å². The van der Waals surface area contributed by atoms with Crippen molar-refractivity contribution in [3.63, 3.8) is 0 Å². The zero-order valence-electron chi connectivity index (χ0n) is 15.9. The second-order valence-electron chi connectivity index (χ2n) is 6.59. The molecule has 0 aliphatic heterocycles. The number of ether oxygens (including phenoxy) is 3. The van der Waals surface area contributed by atoms with Crippen LogP contribution in [0.5, 0.6) is 17.2 Å². The van der Waals surface area contributed by atoms with Crippen molar-refractivity contribution >= 4 is 16.6 Å². The Labute approximate surface area is 157 Å². The third-order valence-electron chi connectivity index (χ3n) is 4.89. The van der Waals surface area contributed by atoms with Gasteiger partial charge in [-0.1, -0.05) is 6.92 Å². The maximum Gasteiger partial charge on any atom is 0.212 e. The van der Waals surface area contributed by atoms with Gasteiger partial charge >= 0.3 is 0 Å². The zero-order valence-corrected chi connectivity index (χ0v) is 15.9. The van der Waals surface area contributed by atoms with Gasteiger partial charge in [-0.15, -0.1) is 0 Å². The standard InChI is InChI=1S/C22H21NO4/c1-5-8-27-17-11-15-14(10-16(17)25-3)19-18-13(9-12(2)22(19)26-4)6-7-23-20(18)21(15)24/h6-7,9-11H,5,8H2,1-4H3. The number of hydrogen-bond donors (Lipinski definition) is 0. The van der Waals surface area contributed by atoms with E-state index in [4.69, 9.17) is 14.2 Å². The van der Waals surface area contributed by atoms with Gasteiger partial charge in [-0.2, -0.15) is 0 Å². The number of aryl methyl sites for hydroxylation is 1. The first-order valence-corrected chi connectivity index (χ1v) is 8.96. The van der Waals surface area contributed by atoms with Crippen LogP contribution in [0.4, 0.5) is 0 Å². The molecule has 0 spiro atoms. The summed E-state index contributed by atoms with van der Waals surface area (Å²) in [5.41, 5.74) is 3.67. The molecule has 5 heteroatoms. The van der Waals surface area contributed by atoms with E-state index < -0.39 is 0 Å². The molecule has 2 aromatic carbocycles. The minimum Gasteiger partial charge on any atom is -0.496 e. The Kier molecular flexibility index (Phi) is 4.22. The molecule has 138 valence electrons. The molecule has 0 bridgehead atoms. The number of methoxy groups -OCH3 is 2. The third kappa shape index (κ3) is 2.53. The molecule has 0 fully saturated rings. The molecule has 1 aromatic heterocycles. The summed E-state index contributed by atoms with van der Waals surface area (Å²) in [6.45, 7) is 4.58.